The van der Waals surface area contributed by atoms with Crippen LogP contribution in [0, 0.1) is 0 Å². The molecule has 1 aliphatic carbocycles. The van der Waals surface area contributed by atoms with Crippen molar-refractivity contribution in [3.05, 3.63) is 102 Å². The second-order valence-electron chi connectivity index (χ2n) is 9.21. The number of carbonyl (C=O) groups is 1. The molecular weight excluding hydrogens is 434 g/mol. The molecule has 35 heavy (non-hydrogen) atoms. The minimum atomic E-state index is -0.452. The second kappa shape index (κ2) is 8.18. The number of imidazole rings is 1. The molecule has 1 amide bonds. The maximum absolute atomic E-state index is 11.5. The normalized spacial score (nSPS) is 14.5. The average Bonchev–Trinajstić information content (AvgIpc) is 3.30. The van der Waals surface area contributed by atoms with Crippen LogP contribution in [-0.2, 0) is 5.54 Å². The number of hydrogen-bond donors (Lipinski definition) is 2. The number of aromatic nitrogens is 3. The summed E-state index contributed by atoms with van der Waals surface area (Å²) < 4.78 is 1.85. The Morgan fingerprint density at radius 3 is 2.17 bits per heavy atom. The van der Waals surface area contributed by atoms with Gasteiger partial charge in [0.25, 0.3) is 0 Å². The summed E-state index contributed by atoms with van der Waals surface area (Å²) in [6.07, 6.45) is 5.04. The lowest BCUT2D eigenvalue weighted by Crippen LogP contribution is -2.43. The van der Waals surface area contributed by atoms with Crippen molar-refractivity contribution in [2.24, 2.45) is 11.5 Å². The van der Waals surface area contributed by atoms with E-state index in [4.69, 9.17) is 16.6 Å². The number of amides is 1. The van der Waals surface area contributed by atoms with E-state index in [-0.39, 0.29) is 5.54 Å². The molecular formula is C29H25N5O. The van der Waals surface area contributed by atoms with Gasteiger partial charge in [0, 0.05) is 27.8 Å². The highest BCUT2D eigenvalue weighted by molar-refractivity contribution is 5.93. The minimum Gasteiger partial charge on any atom is -0.366 e. The number of rotatable bonds is 5. The first-order valence-corrected chi connectivity index (χ1v) is 11.8. The van der Waals surface area contributed by atoms with Crippen LogP contribution in [0.3, 0.4) is 0 Å². The van der Waals surface area contributed by atoms with Gasteiger partial charge in [0.05, 0.1) is 17.6 Å². The predicted octanol–water partition coefficient (Wildman–Crippen LogP) is 5.17. The van der Waals surface area contributed by atoms with Gasteiger partial charge >= 0.3 is 0 Å². The Kier molecular flexibility index (Phi) is 4.97. The molecule has 6 nitrogen and oxygen atoms in total. The predicted molar refractivity (Wildman–Crippen MR) is 138 cm³/mol. The zero-order valence-electron chi connectivity index (χ0n) is 19.2. The maximum Gasteiger partial charge on any atom is 0.248 e. The third-order valence-electron chi connectivity index (χ3n) is 7.02. The van der Waals surface area contributed by atoms with Gasteiger partial charge in [-0.2, -0.15) is 5.10 Å². The number of hydrogen-bond acceptors (Lipinski definition) is 4. The van der Waals surface area contributed by atoms with Crippen LogP contribution in [0.5, 0.6) is 0 Å². The van der Waals surface area contributed by atoms with E-state index in [1.165, 1.54) is 12.0 Å². The van der Waals surface area contributed by atoms with Gasteiger partial charge in [0.1, 0.15) is 0 Å². The fourth-order valence-corrected chi connectivity index (χ4v) is 4.77. The van der Waals surface area contributed by atoms with Crippen molar-refractivity contribution in [2.45, 2.75) is 24.8 Å². The number of nitrogens with zero attached hydrogens (tertiary/aromatic N) is 3. The van der Waals surface area contributed by atoms with Crippen LogP contribution < -0.4 is 11.5 Å². The lowest BCUT2D eigenvalue weighted by molar-refractivity contribution is 0.100. The maximum atomic E-state index is 11.5. The van der Waals surface area contributed by atoms with Gasteiger partial charge in [-0.3, -0.25) is 4.79 Å². The number of primary amides is 1. The highest BCUT2D eigenvalue weighted by atomic mass is 16.1. The van der Waals surface area contributed by atoms with Gasteiger partial charge in [0.15, 0.2) is 5.65 Å². The lowest BCUT2D eigenvalue weighted by atomic mass is 9.72. The molecule has 5 aromatic rings. The van der Waals surface area contributed by atoms with Crippen LogP contribution in [0.25, 0.3) is 39.3 Å². The summed E-state index contributed by atoms with van der Waals surface area (Å²) in [4.78, 5) is 16.1. The molecule has 0 atom stereocenters. The summed E-state index contributed by atoms with van der Waals surface area (Å²) in [5, 5.41) is 5.07. The van der Waals surface area contributed by atoms with Gasteiger partial charge in [0.2, 0.25) is 5.91 Å². The number of nitrogens with two attached hydrogens (primary N) is 2. The van der Waals surface area contributed by atoms with Gasteiger partial charge in [-0.15, -0.1) is 0 Å². The Hall–Kier alpha value is -4.29. The fourth-order valence-electron chi connectivity index (χ4n) is 4.77. The molecule has 3 aromatic carbocycles. The average molecular weight is 460 g/mol. The first-order valence-electron chi connectivity index (χ1n) is 11.8. The van der Waals surface area contributed by atoms with Crippen molar-refractivity contribution < 1.29 is 4.79 Å². The first kappa shape index (κ1) is 21.3. The molecule has 0 aliphatic heterocycles. The van der Waals surface area contributed by atoms with Gasteiger partial charge in [-0.1, -0.05) is 66.7 Å². The summed E-state index contributed by atoms with van der Waals surface area (Å²) >= 11 is 0. The van der Waals surface area contributed by atoms with E-state index in [1.54, 1.807) is 18.3 Å². The smallest absolute Gasteiger partial charge is 0.248 e. The van der Waals surface area contributed by atoms with Crippen molar-refractivity contribution in [3.63, 3.8) is 0 Å². The number of benzene rings is 3. The van der Waals surface area contributed by atoms with E-state index in [9.17, 15) is 4.79 Å². The molecule has 0 unspecified atom stereocenters. The second-order valence-corrected chi connectivity index (χ2v) is 9.21. The largest absolute Gasteiger partial charge is 0.366 e. The van der Waals surface area contributed by atoms with Gasteiger partial charge < -0.3 is 11.5 Å². The molecule has 6 heteroatoms. The van der Waals surface area contributed by atoms with Gasteiger partial charge in [-0.05, 0) is 48.6 Å². The number of fused-ring (bicyclic) bond motifs is 1. The van der Waals surface area contributed by atoms with Crippen LogP contribution in [0.15, 0.2) is 91.1 Å². The van der Waals surface area contributed by atoms with E-state index in [2.05, 4.69) is 47.4 Å². The Morgan fingerprint density at radius 2 is 1.54 bits per heavy atom. The molecule has 1 saturated carbocycles. The summed E-state index contributed by atoms with van der Waals surface area (Å²) in [7, 11) is 0. The van der Waals surface area contributed by atoms with E-state index in [0.29, 0.717) is 5.56 Å². The molecule has 0 spiro atoms. The summed E-state index contributed by atoms with van der Waals surface area (Å²) in [6, 6.07) is 28.0. The Morgan fingerprint density at radius 1 is 0.857 bits per heavy atom. The Bertz CT molecular complexity index is 1530. The van der Waals surface area contributed by atoms with Crippen molar-refractivity contribution in [1.82, 2.24) is 14.6 Å². The quantitative estimate of drug-likeness (QED) is 0.379. The van der Waals surface area contributed by atoms with Crippen molar-refractivity contribution in [1.29, 1.82) is 0 Å². The van der Waals surface area contributed by atoms with Crippen LogP contribution in [0.1, 0.15) is 35.2 Å². The summed E-state index contributed by atoms with van der Waals surface area (Å²) in [6.45, 7) is 0. The molecule has 1 aliphatic rings. The number of carbonyl (C=O) groups excluding carboxylic acids is 1. The minimum absolute atomic E-state index is 0.202. The topological polar surface area (TPSA) is 99.3 Å². The summed E-state index contributed by atoms with van der Waals surface area (Å²) in [5.41, 5.74) is 19.8. The highest BCUT2D eigenvalue weighted by Crippen LogP contribution is 2.40. The van der Waals surface area contributed by atoms with E-state index < -0.39 is 5.91 Å². The SMILES string of the molecule is NC(=O)c1ccc(-c2cnc3cc(-c4ccccc4)c(-c4ccc(C5(N)CCC5)cc4)nn23)cc1. The lowest BCUT2D eigenvalue weighted by Gasteiger charge is -2.38. The van der Waals surface area contributed by atoms with Crippen molar-refractivity contribution in [2.75, 3.05) is 0 Å². The Labute approximate surface area is 203 Å². The molecule has 2 aromatic heterocycles. The summed E-state index contributed by atoms with van der Waals surface area (Å²) in [5.74, 6) is -0.452. The standard InChI is InChI=1S/C29H25N5O/c30-28(35)22-9-7-20(8-10-22)25-18-32-26-17-24(19-5-2-1-3-6-19)27(33-34(25)26)21-11-13-23(14-12-21)29(31)15-4-16-29/h1-3,5-14,17-18H,4,15-16,31H2,(H2,30,35). The van der Waals surface area contributed by atoms with Gasteiger partial charge in [-0.25, -0.2) is 9.50 Å². The zero-order valence-corrected chi connectivity index (χ0v) is 19.2. The molecule has 0 radical (unpaired) electrons. The Balaban J connectivity index is 1.50. The zero-order chi connectivity index (χ0) is 24.0. The third-order valence-corrected chi connectivity index (χ3v) is 7.02. The molecule has 6 rings (SSSR count). The van der Waals surface area contributed by atoms with Crippen LogP contribution in [0.4, 0.5) is 0 Å². The van der Waals surface area contributed by atoms with Crippen molar-refractivity contribution in [3.8, 4) is 33.6 Å². The van der Waals surface area contributed by atoms with E-state index >= 15 is 0 Å². The third kappa shape index (κ3) is 3.68. The van der Waals surface area contributed by atoms with E-state index in [1.807, 2.05) is 34.8 Å². The van der Waals surface area contributed by atoms with Crippen LogP contribution >= 0.6 is 0 Å². The molecule has 4 N–H and O–H groups in total. The monoisotopic (exact) mass is 459 g/mol. The van der Waals surface area contributed by atoms with E-state index in [0.717, 1.165) is 52.1 Å². The van der Waals surface area contributed by atoms with Crippen molar-refractivity contribution >= 4 is 11.6 Å². The molecule has 2 heterocycles. The van der Waals surface area contributed by atoms with Crippen LogP contribution in [-0.4, -0.2) is 20.5 Å². The van der Waals surface area contributed by atoms with Crippen LogP contribution in [0.2, 0.25) is 0 Å². The highest BCUT2D eigenvalue weighted by Gasteiger charge is 2.34. The molecule has 172 valence electrons. The molecule has 1 fully saturated rings. The molecule has 0 saturated heterocycles. The first-order chi connectivity index (χ1) is 17.0. The molecule has 0 bridgehead atoms. The fraction of sp³-hybridized carbons (Fsp3) is 0.138.